The molecule has 0 aromatic heterocycles. The predicted molar refractivity (Wildman–Crippen MR) is 85.3 cm³/mol. The van der Waals surface area contributed by atoms with Gasteiger partial charge in [-0.05, 0) is 52.7 Å². The van der Waals surface area contributed by atoms with Gasteiger partial charge in [-0.15, -0.1) is 0 Å². The Morgan fingerprint density at radius 1 is 1.24 bits per heavy atom. The molecule has 5 heteroatoms. The molecular formula is C16H16BrNO3. The summed E-state index contributed by atoms with van der Waals surface area (Å²) in [6.45, 7) is 1.62. The van der Waals surface area contributed by atoms with E-state index in [0.29, 0.717) is 11.4 Å². The molecule has 0 aliphatic carbocycles. The van der Waals surface area contributed by atoms with Crippen LogP contribution in [0.25, 0.3) is 0 Å². The van der Waals surface area contributed by atoms with Gasteiger partial charge in [-0.25, -0.2) is 0 Å². The molecule has 2 aromatic carbocycles. The van der Waals surface area contributed by atoms with Crippen LogP contribution < -0.4 is 10.1 Å². The van der Waals surface area contributed by atoms with Crippen LogP contribution in [0.4, 0.5) is 5.69 Å². The number of benzene rings is 2. The Balaban J connectivity index is 1.88. The maximum atomic E-state index is 11.8. The van der Waals surface area contributed by atoms with Crippen LogP contribution in [0.1, 0.15) is 18.6 Å². The van der Waals surface area contributed by atoms with Gasteiger partial charge in [-0.1, -0.05) is 24.3 Å². The number of carbonyl (C=O) groups is 1. The van der Waals surface area contributed by atoms with E-state index in [1.807, 2.05) is 18.2 Å². The Labute approximate surface area is 131 Å². The Hall–Kier alpha value is -1.85. The lowest BCUT2D eigenvalue weighted by atomic mass is 10.1. The van der Waals surface area contributed by atoms with Crippen LogP contribution in [0.5, 0.6) is 5.75 Å². The van der Waals surface area contributed by atoms with Crippen LogP contribution in [0.15, 0.2) is 53.0 Å². The number of anilines is 1. The third-order valence-corrected chi connectivity index (χ3v) is 3.57. The van der Waals surface area contributed by atoms with Crippen molar-refractivity contribution in [3.63, 3.8) is 0 Å². The van der Waals surface area contributed by atoms with E-state index in [1.165, 1.54) is 0 Å². The summed E-state index contributed by atoms with van der Waals surface area (Å²) in [6, 6.07) is 14.4. The molecular weight excluding hydrogens is 334 g/mol. The van der Waals surface area contributed by atoms with Crippen molar-refractivity contribution in [1.82, 2.24) is 0 Å². The largest absolute Gasteiger partial charge is 0.484 e. The second kappa shape index (κ2) is 7.24. The summed E-state index contributed by atoms with van der Waals surface area (Å²) in [5.41, 5.74) is 1.51. The van der Waals surface area contributed by atoms with Gasteiger partial charge in [0.05, 0.1) is 11.8 Å². The predicted octanol–water partition coefficient (Wildman–Crippen LogP) is 3.52. The zero-order chi connectivity index (χ0) is 15.2. The zero-order valence-corrected chi connectivity index (χ0v) is 13.1. The number of aliphatic hydroxyl groups is 1. The molecule has 2 rings (SSSR count). The first-order chi connectivity index (χ1) is 10.1. The van der Waals surface area contributed by atoms with Gasteiger partial charge in [-0.2, -0.15) is 0 Å². The van der Waals surface area contributed by atoms with Crippen LogP contribution in [-0.4, -0.2) is 17.6 Å². The molecule has 0 saturated heterocycles. The van der Waals surface area contributed by atoms with Crippen molar-refractivity contribution in [1.29, 1.82) is 0 Å². The van der Waals surface area contributed by atoms with Crippen molar-refractivity contribution in [3.05, 3.63) is 58.6 Å². The summed E-state index contributed by atoms with van der Waals surface area (Å²) in [4.78, 5) is 11.8. The van der Waals surface area contributed by atoms with E-state index in [-0.39, 0.29) is 12.5 Å². The highest BCUT2D eigenvalue weighted by Gasteiger charge is 2.06. The minimum absolute atomic E-state index is 0.0740. The lowest BCUT2D eigenvalue weighted by Crippen LogP contribution is -2.20. The number of aliphatic hydroxyl groups excluding tert-OH is 1. The molecule has 0 radical (unpaired) electrons. The van der Waals surface area contributed by atoms with Gasteiger partial charge in [0, 0.05) is 4.47 Å². The van der Waals surface area contributed by atoms with E-state index in [1.54, 1.807) is 37.3 Å². The molecule has 0 saturated carbocycles. The fraction of sp³-hybridized carbons (Fsp3) is 0.188. The van der Waals surface area contributed by atoms with Gasteiger partial charge in [0.15, 0.2) is 6.61 Å². The second-order valence-electron chi connectivity index (χ2n) is 4.56. The highest BCUT2D eigenvalue weighted by atomic mass is 79.9. The average molecular weight is 350 g/mol. The van der Waals surface area contributed by atoms with Gasteiger partial charge in [0.25, 0.3) is 5.91 Å². The van der Waals surface area contributed by atoms with Crippen LogP contribution in [0.3, 0.4) is 0 Å². The second-order valence-corrected chi connectivity index (χ2v) is 5.42. The number of carbonyl (C=O) groups excluding carboxylic acids is 1. The summed E-state index contributed by atoms with van der Waals surface area (Å²) < 4.78 is 6.22. The van der Waals surface area contributed by atoms with Crippen molar-refractivity contribution in [2.24, 2.45) is 0 Å². The van der Waals surface area contributed by atoms with Crippen molar-refractivity contribution >= 4 is 27.5 Å². The number of halogens is 1. The number of ether oxygens (including phenoxy) is 1. The Morgan fingerprint density at radius 3 is 2.52 bits per heavy atom. The zero-order valence-electron chi connectivity index (χ0n) is 11.5. The minimum Gasteiger partial charge on any atom is -0.484 e. The van der Waals surface area contributed by atoms with E-state index in [4.69, 9.17) is 4.74 Å². The molecule has 0 aliphatic rings. The molecule has 4 nitrogen and oxygen atoms in total. The molecule has 2 aromatic rings. The molecule has 110 valence electrons. The minimum atomic E-state index is -0.516. The van der Waals surface area contributed by atoms with Crippen molar-refractivity contribution in [2.75, 3.05) is 11.9 Å². The molecule has 0 spiro atoms. The summed E-state index contributed by atoms with van der Waals surface area (Å²) in [5.74, 6) is 0.350. The molecule has 21 heavy (non-hydrogen) atoms. The Morgan fingerprint density at radius 2 is 1.90 bits per heavy atom. The normalized spacial score (nSPS) is 11.8. The standard InChI is InChI=1S/C16H16BrNO3/c1-11(19)12-6-8-13(9-7-12)21-10-16(20)18-15-5-3-2-4-14(15)17/h2-9,11,19H,10H2,1H3,(H,18,20). The maximum Gasteiger partial charge on any atom is 0.262 e. The number of nitrogens with one attached hydrogen (secondary N) is 1. The van der Waals surface area contributed by atoms with Crippen LogP contribution in [0, 0.1) is 0 Å². The maximum absolute atomic E-state index is 11.8. The Bertz CT molecular complexity index is 611. The number of hydrogen-bond acceptors (Lipinski definition) is 3. The third-order valence-electron chi connectivity index (χ3n) is 2.88. The lowest BCUT2D eigenvalue weighted by Gasteiger charge is -2.10. The first-order valence-electron chi connectivity index (χ1n) is 6.51. The van der Waals surface area contributed by atoms with Gasteiger partial charge >= 0.3 is 0 Å². The number of rotatable bonds is 5. The fourth-order valence-corrected chi connectivity index (χ4v) is 2.12. The smallest absolute Gasteiger partial charge is 0.262 e. The topological polar surface area (TPSA) is 58.6 Å². The molecule has 1 unspecified atom stereocenters. The van der Waals surface area contributed by atoms with E-state index in [0.717, 1.165) is 10.0 Å². The van der Waals surface area contributed by atoms with Gasteiger partial charge in [-0.3, -0.25) is 4.79 Å². The molecule has 0 heterocycles. The average Bonchev–Trinajstić information content (AvgIpc) is 2.48. The number of amides is 1. The summed E-state index contributed by atoms with van der Waals surface area (Å²) in [7, 11) is 0. The van der Waals surface area contributed by atoms with Crippen molar-refractivity contribution in [2.45, 2.75) is 13.0 Å². The van der Waals surface area contributed by atoms with E-state index in [9.17, 15) is 9.90 Å². The first-order valence-corrected chi connectivity index (χ1v) is 7.31. The Kier molecular flexibility index (Phi) is 5.36. The number of para-hydroxylation sites is 1. The highest BCUT2D eigenvalue weighted by Crippen LogP contribution is 2.21. The molecule has 0 bridgehead atoms. The van der Waals surface area contributed by atoms with Crippen LogP contribution in [0.2, 0.25) is 0 Å². The quantitative estimate of drug-likeness (QED) is 0.868. The summed E-state index contributed by atoms with van der Waals surface area (Å²) in [5, 5.41) is 12.2. The fourth-order valence-electron chi connectivity index (χ4n) is 1.74. The monoisotopic (exact) mass is 349 g/mol. The highest BCUT2D eigenvalue weighted by molar-refractivity contribution is 9.10. The van der Waals surface area contributed by atoms with E-state index in [2.05, 4.69) is 21.2 Å². The van der Waals surface area contributed by atoms with Crippen molar-refractivity contribution in [3.8, 4) is 5.75 Å². The van der Waals surface area contributed by atoms with Crippen LogP contribution >= 0.6 is 15.9 Å². The molecule has 2 N–H and O–H groups in total. The first kappa shape index (κ1) is 15.5. The van der Waals surface area contributed by atoms with Crippen LogP contribution in [-0.2, 0) is 4.79 Å². The van der Waals surface area contributed by atoms with Gasteiger partial charge < -0.3 is 15.2 Å². The SMILES string of the molecule is CC(O)c1ccc(OCC(=O)Nc2ccccc2Br)cc1. The summed E-state index contributed by atoms with van der Waals surface area (Å²) >= 11 is 3.36. The third kappa shape index (κ3) is 4.58. The lowest BCUT2D eigenvalue weighted by molar-refractivity contribution is -0.118. The van der Waals surface area contributed by atoms with Gasteiger partial charge in [0.2, 0.25) is 0 Å². The van der Waals surface area contributed by atoms with E-state index < -0.39 is 6.10 Å². The van der Waals surface area contributed by atoms with Gasteiger partial charge in [0.1, 0.15) is 5.75 Å². The molecule has 1 amide bonds. The molecule has 0 fully saturated rings. The van der Waals surface area contributed by atoms with Crippen molar-refractivity contribution < 1.29 is 14.6 Å². The molecule has 0 aliphatic heterocycles. The summed E-state index contributed by atoms with van der Waals surface area (Å²) in [6.07, 6.45) is -0.516. The van der Waals surface area contributed by atoms with E-state index >= 15 is 0 Å². The number of hydrogen-bond donors (Lipinski definition) is 2. The molecule has 1 atom stereocenters.